The largest absolute Gasteiger partial charge is 0.378 e. The van der Waals surface area contributed by atoms with Crippen LogP contribution in [0.2, 0.25) is 0 Å². The molecule has 1 amide bonds. The van der Waals surface area contributed by atoms with Crippen molar-refractivity contribution in [3.8, 4) is 0 Å². The molecule has 2 atom stereocenters. The highest BCUT2D eigenvalue weighted by Crippen LogP contribution is 2.04. The summed E-state index contributed by atoms with van der Waals surface area (Å²) in [5, 5.41) is -0.711. The standard InChI is InChI=1S/C10H21N3O4S/c1-8(7-11)18(15,16)12-9(2)10(14)13-3-5-17-6-4-13/h8-9,12H,3-7,11H2,1-2H3. The number of hydrogen-bond donors (Lipinski definition) is 2. The van der Waals surface area contributed by atoms with Crippen LogP contribution in [-0.2, 0) is 19.6 Å². The van der Waals surface area contributed by atoms with Gasteiger partial charge in [0.15, 0.2) is 0 Å². The van der Waals surface area contributed by atoms with Crippen LogP contribution in [0, 0.1) is 0 Å². The van der Waals surface area contributed by atoms with Gasteiger partial charge in [0.2, 0.25) is 15.9 Å². The molecule has 0 aromatic carbocycles. The SMILES string of the molecule is CC(NS(=O)(=O)C(C)CN)C(=O)N1CCOCC1. The maximum Gasteiger partial charge on any atom is 0.240 e. The first-order valence-electron chi connectivity index (χ1n) is 5.96. The summed E-state index contributed by atoms with van der Waals surface area (Å²) in [4.78, 5) is 13.6. The number of sulfonamides is 1. The van der Waals surface area contributed by atoms with E-state index in [4.69, 9.17) is 10.5 Å². The van der Waals surface area contributed by atoms with Crippen LogP contribution in [0.25, 0.3) is 0 Å². The predicted octanol–water partition coefficient (Wildman–Crippen LogP) is -1.50. The van der Waals surface area contributed by atoms with Crippen molar-refractivity contribution in [3.63, 3.8) is 0 Å². The summed E-state index contributed by atoms with van der Waals surface area (Å²) in [6.07, 6.45) is 0. The quantitative estimate of drug-likeness (QED) is 0.638. The van der Waals surface area contributed by atoms with E-state index in [-0.39, 0.29) is 12.5 Å². The van der Waals surface area contributed by atoms with E-state index < -0.39 is 21.3 Å². The minimum Gasteiger partial charge on any atom is -0.378 e. The zero-order valence-corrected chi connectivity index (χ0v) is 11.6. The van der Waals surface area contributed by atoms with Crippen molar-refractivity contribution in [2.45, 2.75) is 25.1 Å². The molecule has 1 fully saturated rings. The van der Waals surface area contributed by atoms with Crippen LogP contribution < -0.4 is 10.5 Å². The molecule has 7 nitrogen and oxygen atoms in total. The van der Waals surface area contributed by atoms with Crippen molar-refractivity contribution in [1.29, 1.82) is 0 Å². The Balaban J connectivity index is 2.59. The number of amides is 1. The van der Waals surface area contributed by atoms with Gasteiger partial charge in [-0.3, -0.25) is 4.79 Å². The number of carbonyl (C=O) groups is 1. The van der Waals surface area contributed by atoms with Gasteiger partial charge >= 0.3 is 0 Å². The Kier molecular flexibility index (Phi) is 5.51. The van der Waals surface area contributed by atoms with Crippen molar-refractivity contribution in [3.05, 3.63) is 0 Å². The van der Waals surface area contributed by atoms with Crippen molar-refractivity contribution in [2.75, 3.05) is 32.8 Å². The molecule has 0 saturated carbocycles. The highest BCUT2D eigenvalue weighted by Gasteiger charge is 2.28. The first kappa shape index (κ1) is 15.4. The summed E-state index contributed by atoms with van der Waals surface area (Å²) in [5.74, 6) is -0.230. The van der Waals surface area contributed by atoms with Crippen LogP contribution in [-0.4, -0.2) is 63.4 Å². The van der Waals surface area contributed by atoms with Crippen LogP contribution >= 0.6 is 0 Å². The molecule has 1 heterocycles. The van der Waals surface area contributed by atoms with E-state index in [0.29, 0.717) is 26.3 Å². The lowest BCUT2D eigenvalue weighted by molar-refractivity contribution is -0.136. The van der Waals surface area contributed by atoms with Crippen LogP contribution in [0.1, 0.15) is 13.8 Å². The molecule has 0 aliphatic carbocycles. The molecular weight excluding hydrogens is 258 g/mol. The molecule has 0 bridgehead atoms. The van der Waals surface area contributed by atoms with E-state index in [1.165, 1.54) is 6.92 Å². The minimum atomic E-state index is -3.55. The molecule has 0 radical (unpaired) electrons. The molecule has 3 N–H and O–H groups in total. The first-order valence-corrected chi connectivity index (χ1v) is 7.51. The van der Waals surface area contributed by atoms with Gasteiger partial charge in [-0.2, -0.15) is 0 Å². The summed E-state index contributed by atoms with van der Waals surface area (Å²) in [6, 6.07) is -0.776. The van der Waals surface area contributed by atoms with Crippen LogP contribution in [0.5, 0.6) is 0 Å². The summed E-state index contributed by atoms with van der Waals surface area (Å²) in [7, 11) is -3.55. The predicted molar refractivity (Wildman–Crippen MR) is 67.4 cm³/mol. The van der Waals surface area contributed by atoms with Crippen LogP contribution in [0.15, 0.2) is 0 Å². The van der Waals surface area contributed by atoms with Crippen molar-refractivity contribution in [1.82, 2.24) is 9.62 Å². The van der Waals surface area contributed by atoms with Gasteiger partial charge in [0.05, 0.1) is 24.5 Å². The molecule has 0 aromatic heterocycles. The molecule has 106 valence electrons. The summed E-state index contributed by atoms with van der Waals surface area (Å²) in [6.45, 7) is 5.05. The number of nitrogens with two attached hydrogens (primary N) is 1. The topological polar surface area (TPSA) is 102 Å². The Morgan fingerprint density at radius 1 is 1.39 bits per heavy atom. The molecule has 0 aromatic rings. The fourth-order valence-corrected chi connectivity index (χ4v) is 2.68. The third-order valence-corrected chi connectivity index (χ3v) is 4.83. The Morgan fingerprint density at radius 2 is 1.94 bits per heavy atom. The van der Waals surface area contributed by atoms with E-state index in [2.05, 4.69) is 4.72 Å². The second-order valence-electron chi connectivity index (χ2n) is 4.37. The number of nitrogens with zero attached hydrogens (tertiary/aromatic N) is 1. The van der Waals surface area contributed by atoms with Crippen LogP contribution in [0.3, 0.4) is 0 Å². The van der Waals surface area contributed by atoms with Crippen molar-refractivity contribution < 1.29 is 17.9 Å². The Bertz CT molecular complexity index is 379. The second kappa shape index (κ2) is 6.46. The third kappa shape index (κ3) is 3.91. The number of rotatable bonds is 5. The molecular formula is C10H21N3O4S. The smallest absolute Gasteiger partial charge is 0.240 e. The Hall–Kier alpha value is -0.700. The molecule has 2 unspecified atom stereocenters. The fourth-order valence-electron chi connectivity index (χ4n) is 1.60. The number of nitrogens with one attached hydrogen (secondary N) is 1. The van der Waals surface area contributed by atoms with Gasteiger partial charge in [-0.1, -0.05) is 0 Å². The Morgan fingerprint density at radius 3 is 2.44 bits per heavy atom. The van der Waals surface area contributed by atoms with Crippen molar-refractivity contribution >= 4 is 15.9 Å². The lowest BCUT2D eigenvalue weighted by Crippen LogP contribution is -2.52. The summed E-state index contributed by atoms with van der Waals surface area (Å²) >= 11 is 0. The lowest BCUT2D eigenvalue weighted by Gasteiger charge is -2.29. The molecule has 1 aliphatic heterocycles. The fraction of sp³-hybridized carbons (Fsp3) is 0.900. The molecule has 1 aliphatic rings. The normalized spacial score (nSPS) is 20.5. The van der Waals surface area contributed by atoms with Gasteiger partial charge in [0, 0.05) is 19.6 Å². The van der Waals surface area contributed by atoms with Crippen LogP contribution in [0.4, 0.5) is 0 Å². The van der Waals surface area contributed by atoms with Gasteiger partial charge in [-0.15, -0.1) is 0 Å². The van der Waals surface area contributed by atoms with Gasteiger partial charge in [-0.05, 0) is 13.8 Å². The van der Waals surface area contributed by atoms with Gasteiger partial charge in [0.25, 0.3) is 0 Å². The van der Waals surface area contributed by atoms with Gasteiger partial charge < -0.3 is 15.4 Å². The van der Waals surface area contributed by atoms with E-state index in [0.717, 1.165) is 0 Å². The number of ether oxygens (including phenoxy) is 1. The number of hydrogen-bond acceptors (Lipinski definition) is 5. The maximum absolute atomic E-state index is 12.0. The number of morpholine rings is 1. The highest BCUT2D eigenvalue weighted by molar-refractivity contribution is 7.90. The van der Waals surface area contributed by atoms with E-state index in [1.807, 2.05) is 0 Å². The average molecular weight is 279 g/mol. The highest BCUT2D eigenvalue weighted by atomic mass is 32.2. The molecule has 1 saturated heterocycles. The lowest BCUT2D eigenvalue weighted by atomic mass is 10.3. The summed E-state index contributed by atoms with van der Waals surface area (Å²) < 4.78 is 31.0. The molecule has 0 spiro atoms. The van der Waals surface area contributed by atoms with Gasteiger partial charge in [-0.25, -0.2) is 13.1 Å². The van der Waals surface area contributed by atoms with Gasteiger partial charge in [0.1, 0.15) is 0 Å². The molecule has 18 heavy (non-hydrogen) atoms. The monoisotopic (exact) mass is 279 g/mol. The second-order valence-corrected chi connectivity index (χ2v) is 6.50. The molecule has 1 rings (SSSR count). The zero-order valence-electron chi connectivity index (χ0n) is 10.8. The minimum absolute atomic E-state index is 0.0216. The van der Waals surface area contributed by atoms with E-state index >= 15 is 0 Å². The zero-order chi connectivity index (χ0) is 13.8. The first-order chi connectivity index (χ1) is 8.38. The van der Waals surface area contributed by atoms with E-state index in [1.54, 1.807) is 11.8 Å². The molecule has 8 heteroatoms. The average Bonchev–Trinajstić information content (AvgIpc) is 2.37. The third-order valence-electron chi connectivity index (χ3n) is 2.90. The Labute approximate surface area is 108 Å². The van der Waals surface area contributed by atoms with Crippen molar-refractivity contribution in [2.24, 2.45) is 5.73 Å². The maximum atomic E-state index is 12.0. The number of carbonyl (C=O) groups excluding carboxylic acids is 1. The summed E-state index contributed by atoms with van der Waals surface area (Å²) in [5.41, 5.74) is 5.32. The van der Waals surface area contributed by atoms with E-state index in [9.17, 15) is 13.2 Å².